The summed E-state index contributed by atoms with van der Waals surface area (Å²) in [4.78, 5) is 72.0. The van der Waals surface area contributed by atoms with E-state index in [9.17, 15) is 24.0 Å². The number of carbonyl (C=O) groups is 5. The third-order valence-electron chi connectivity index (χ3n) is 9.82. The fourth-order valence-corrected chi connectivity index (χ4v) is 7.29. The number of ether oxygens (including phenoxy) is 1. The second-order valence-corrected chi connectivity index (χ2v) is 14.5. The number of hydrogen-bond donors (Lipinski definition) is 1. The fourth-order valence-electron chi connectivity index (χ4n) is 7.29. The Morgan fingerprint density at radius 1 is 0.661 bits per heavy atom. The maximum Gasteiger partial charge on any atom is 0.410 e. The predicted molar refractivity (Wildman–Crippen MR) is 204 cm³/mol. The molecule has 16 nitrogen and oxygen atoms in total. The first-order valence-corrected chi connectivity index (χ1v) is 18.3. The van der Waals surface area contributed by atoms with Gasteiger partial charge in [0.05, 0.1) is 36.2 Å². The van der Waals surface area contributed by atoms with Gasteiger partial charge in [0, 0.05) is 76.5 Å². The Morgan fingerprint density at radius 3 is 1.64 bits per heavy atom. The first-order chi connectivity index (χ1) is 27.0. The molecule has 0 atom stereocenters. The van der Waals surface area contributed by atoms with Crippen molar-refractivity contribution in [3.63, 3.8) is 0 Å². The van der Waals surface area contributed by atoms with Crippen molar-refractivity contribution in [2.24, 2.45) is 0 Å². The molecule has 5 amide bonds. The Morgan fingerprint density at radius 2 is 1.16 bits per heavy atom. The van der Waals surface area contributed by atoms with E-state index in [1.807, 2.05) is 12.1 Å². The Labute approximate surface area is 320 Å². The lowest BCUT2D eigenvalue weighted by Gasteiger charge is -2.31. The minimum Gasteiger partial charge on any atom is -0.444 e. The van der Waals surface area contributed by atoms with Gasteiger partial charge in [-0.15, -0.1) is 10.2 Å². The molecule has 0 unspecified atom stereocenters. The van der Waals surface area contributed by atoms with E-state index in [1.165, 1.54) is 14.7 Å². The van der Waals surface area contributed by atoms with Gasteiger partial charge in [-0.3, -0.25) is 29.0 Å². The average molecular weight is 755 g/mol. The van der Waals surface area contributed by atoms with Gasteiger partial charge in [-0.25, -0.2) is 14.2 Å². The highest BCUT2D eigenvalue weighted by atomic mass is 16.6. The Kier molecular flexibility index (Phi) is 9.33. The molecule has 6 aromatic rings. The number of benzene rings is 4. The SMILES string of the molecule is CC(C)(C)OC(=O)N(CCCNCCN1C(=O)c2cccc3c(-n4ccnn4)ccc(c23)C1=O)CCN1C(=O)c2cccc3c(-n4ccnn4)ccc(c23)C1=O. The van der Waals surface area contributed by atoms with E-state index in [1.54, 1.807) is 103 Å². The summed E-state index contributed by atoms with van der Waals surface area (Å²) < 4.78 is 8.87. The normalized spacial score (nSPS) is 14.0. The molecule has 56 heavy (non-hydrogen) atoms. The second kappa shape index (κ2) is 14.4. The number of aromatic nitrogens is 6. The molecule has 284 valence electrons. The smallest absolute Gasteiger partial charge is 0.410 e. The van der Waals surface area contributed by atoms with Crippen molar-refractivity contribution in [2.75, 3.05) is 39.3 Å². The summed E-state index contributed by atoms with van der Waals surface area (Å²) in [6.07, 6.45) is 6.43. The standard InChI is InChI=1S/C40H38N10O6/c1-40(2,3)56-39(55)46(23-24-48-36(52)28-10-5-8-26-32(50-22-18-43-45-50)14-12-30(34(26)28)38(48)54)19-6-15-41-16-20-47-35(51)27-9-4-7-25-31(49-21-17-42-44-49)13-11-29(33(25)27)37(47)53/h4-5,7-14,17-18,21-22,41H,6,15-16,19-20,23-24H2,1-3H3. The number of carbonyl (C=O) groups excluding carboxylic acids is 5. The van der Waals surface area contributed by atoms with Gasteiger partial charge in [-0.2, -0.15) is 0 Å². The molecular formula is C40H38N10O6. The third-order valence-corrected chi connectivity index (χ3v) is 9.82. The number of hydrogen-bond acceptors (Lipinski definition) is 11. The van der Waals surface area contributed by atoms with E-state index < -0.39 is 23.5 Å². The third kappa shape index (κ3) is 6.53. The number of imide groups is 2. The summed E-state index contributed by atoms with van der Waals surface area (Å²) in [5, 5.41) is 21.7. The molecule has 4 heterocycles. The summed E-state index contributed by atoms with van der Waals surface area (Å²) in [6, 6.07) is 17.6. The molecule has 0 spiro atoms. The van der Waals surface area contributed by atoms with Crippen LogP contribution in [0.1, 0.15) is 68.6 Å². The zero-order valence-electron chi connectivity index (χ0n) is 31.0. The molecule has 0 aliphatic carbocycles. The van der Waals surface area contributed by atoms with Crippen molar-refractivity contribution in [2.45, 2.75) is 32.8 Å². The predicted octanol–water partition coefficient (Wildman–Crippen LogP) is 4.26. The van der Waals surface area contributed by atoms with Crippen LogP contribution in [0.15, 0.2) is 85.5 Å². The van der Waals surface area contributed by atoms with Crippen LogP contribution >= 0.6 is 0 Å². The molecule has 0 fully saturated rings. The summed E-state index contributed by atoms with van der Waals surface area (Å²) in [6.45, 7) is 6.50. The van der Waals surface area contributed by atoms with Crippen LogP contribution < -0.4 is 5.32 Å². The number of amides is 5. The monoisotopic (exact) mass is 754 g/mol. The average Bonchev–Trinajstić information content (AvgIpc) is 3.92. The zero-order valence-corrected chi connectivity index (χ0v) is 31.0. The van der Waals surface area contributed by atoms with Crippen LogP contribution in [0, 0.1) is 0 Å². The van der Waals surface area contributed by atoms with Crippen molar-refractivity contribution < 1.29 is 28.7 Å². The summed E-state index contributed by atoms with van der Waals surface area (Å²) in [7, 11) is 0. The van der Waals surface area contributed by atoms with Gasteiger partial charge in [0.1, 0.15) is 5.60 Å². The van der Waals surface area contributed by atoms with E-state index in [0.29, 0.717) is 63.6 Å². The molecule has 2 aliphatic heterocycles. The zero-order chi connectivity index (χ0) is 39.1. The van der Waals surface area contributed by atoms with E-state index in [4.69, 9.17) is 4.74 Å². The van der Waals surface area contributed by atoms with Crippen LogP contribution in [-0.4, -0.2) is 119 Å². The molecule has 0 saturated heterocycles. The molecule has 4 aromatic carbocycles. The van der Waals surface area contributed by atoms with Gasteiger partial charge in [-0.1, -0.05) is 34.7 Å². The van der Waals surface area contributed by atoms with Crippen molar-refractivity contribution >= 4 is 51.3 Å². The molecule has 0 bridgehead atoms. The lowest BCUT2D eigenvalue weighted by atomic mass is 9.93. The Bertz CT molecular complexity index is 2480. The van der Waals surface area contributed by atoms with Crippen molar-refractivity contribution in [1.82, 2.24) is 50.0 Å². The van der Waals surface area contributed by atoms with Crippen LogP contribution in [0.3, 0.4) is 0 Å². The summed E-state index contributed by atoms with van der Waals surface area (Å²) >= 11 is 0. The van der Waals surface area contributed by atoms with E-state index in [2.05, 4.69) is 25.9 Å². The Hall–Kier alpha value is -6.81. The molecule has 1 N–H and O–H groups in total. The number of nitrogens with one attached hydrogen (secondary N) is 1. The van der Waals surface area contributed by atoms with Crippen LogP contribution in [0.25, 0.3) is 32.9 Å². The summed E-state index contributed by atoms with van der Waals surface area (Å²) in [5.41, 5.74) is 2.29. The molecule has 16 heteroatoms. The van der Waals surface area contributed by atoms with E-state index >= 15 is 0 Å². The van der Waals surface area contributed by atoms with E-state index in [0.717, 1.165) is 11.1 Å². The van der Waals surface area contributed by atoms with Gasteiger partial charge < -0.3 is 15.0 Å². The van der Waals surface area contributed by atoms with Crippen LogP contribution in [0.4, 0.5) is 4.79 Å². The highest BCUT2D eigenvalue weighted by Gasteiger charge is 2.35. The molecule has 0 radical (unpaired) electrons. The largest absolute Gasteiger partial charge is 0.444 e. The molecule has 2 aliphatic rings. The van der Waals surface area contributed by atoms with Crippen LogP contribution in [0.5, 0.6) is 0 Å². The second-order valence-electron chi connectivity index (χ2n) is 14.5. The van der Waals surface area contributed by atoms with Gasteiger partial charge >= 0.3 is 6.09 Å². The molecular weight excluding hydrogens is 717 g/mol. The number of nitrogens with zero attached hydrogens (tertiary/aromatic N) is 9. The van der Waals surface area contributed by atoms with Crippen molar-refractivity contribution in [3.8, 4) is 11.4 Å². The van der Waals surface area contributed by atoms with Crippen LogP contribution in [0.2, 0.25) is 0 Å². The molecule has 8 rings (SSSR count). The van der Waals surface area contributed by atoms with E-state index in [-0.39, 0.29) is 38.0 Å². The van der Waals surface area contributed by atoms with Crippen LogP contribution in [-0.2, 0) is 4.74 Å². The maximum atomic E-state index is 13.8. The quantitative estimate of drug-likeness (QED) is 0.139. The first-order valence-electron chi connectivity index (χ1n) is 18.3. The lowest BCUT2D eigenvalue weighted by Crippen LogP contribution is -2.47. The van der Waals surface area contributed by atoms with Gasteiger partial charge in [0.2, 0.25) is 0 Å². The highest BCUT2D eigenvalue weighted by molar-refractivity contribution is 6.27. The molecule has 2 aromatic heterocycles. The van der Waals surface area contributed by atoms with Gasteiger partial charge in [-0.05, 0) is 70.1 Å². The number of rotatable bonds is 12. The van der Waals surface area contributed by atoms with Crippen molar-refractivity contribution in [1.29, 1.82) is 0 Å². The lowest BCUT2D eigenvalue weighted by molar-refractivity contribution is 0.0221. The van der Waals surface area contributed by atoms with Crippen molar-refractivity contribution in [3.05, 3.63) is 108 Å². The minimum atomic E-state index is -0.769. The topological polar surface area (TPSA) is 178 Å². The van der Waals surface area contributed by atoms with Gasteiger partial charge in [0.25, 0.3) is 23.6 Å². The fraction of sp³-hybridized carbons (Fsp3) is 0.275. The molecule has 0 saturated carbocycles. The maximum absolute atomic E-state index is 13.8. The highest BCUT2D eigenvalue weighted by Crippen LogP contribution is 2.35. The Balaban J connectivity index is 0.900. The first kappa shape index (κ1) is 36.2. The minimum absolute atomic E-state index is 0.0429. The van der Waals surface area contributed by atoms with Gasteiger partial charge in [0.15, 0.2) is 0 Å². The summed E-state index contributed by atoms with van der Waals surface area (Å²) in [5.74, 6) is -1.66.